The molecule has 1 fully saturated rings. The second kappa shape index (κ2) is 5.17. The Labute approximate surface area is 112 Å². The fraction of sp³-hybridized carbons (Fsp3) is 0.500. The molecule has 0 radical (unpaired) electrons. The van der Waals surface area contributed by atoms with Crippen LogP contribution in [-0.2, 0) is 9.53 Å². The van der Waals surface area contributed by atoms with Gasteiger partial charge in [-0.05, 0) is 38.0 Å². The molecule has 1 aromatic carbocycles. The number of carbonyl (C=O) groups is 1. The predicted octanol–water partition coefficient (Wildman–Crippen LogP) is 2.41. The van der Waals surface area contributed by atoms with Crippen LogP contribution in [-0.4, -0.2) is 18.1 Å². The molecule has 4 unspecified atom stereocenters. The summed E-state index contributed by atoms with van der Waals surface area (Å²) in [7, 11) is 0. The fourth-order valence-corrected chi connectivity index (χ4v) is 2.63. The molecule has 1 amide bonds. The van der Waals surface area contributed by atoms with Gasteiger partial charge in [0.2, 0.25) is 5.91 Å². The minimum Gasteiger partial charge on any atom is -0.399 e. The van der Waals surface area contributed by atoms with E-state index in [0.29, 0.717) is 5.69 Å². The Kier molecular flexibility index (Phi) is 3.75. The van der Waals surface area contributed by atoms with Crippen LogP contribution >= 0.6 is 0 Å². The van der Waals surface area contributed by atoms with Crippen LogP contribution in [0.4, 0.5) is 15.8 Å². The van der Waals surface area contributed by atoms with Gasteiger partial charge in [-0.2, -0.15) is 0 Å². The molecule has 3 N–H and O–H groups in total. The highest BCUT2D eigenvalue weighted by atomic mass is 19.1. The molecule has 2 rings (SSSR count). The zero-order valence-corrected chi connectivity index (χ0v) is 11.3. The lowest BCUT2D eigenvalue weighted by molar-refractivity contribution is -0.121. The van der Waals surface area contributed by atoms with Crippen molar-refractivity contribution in [1.29, 1.82) is 0 Å². The van der Waals surface area contributed by atoms with Crippen molar-refractivity contribution >= 4 is 17.3 Å². The predicted molar refractivity (Wildman–Crippen MR) is 72.1 cm³/mol. The lowest BCUT2D eigenvalue weighted by Crippen LogP contribution is -2.32. The van der Waals surface area contributed by atoms with Gasteiger partial charge in [-0.1, -0.05) is 6.92 Å². The number of halogens is 1. The highest BCUT2D eigenvalue weighted by molar-refractivity contribution is 5.93. The Morgan fingerprint density at radius 2 is 1.95 bits per heavy atom. The molecular formula is C14H19FN2O2. The van der Waals surface area contributed by atoms with Crippen molar-refractivity contribution < 1.29 is 13.9 Å². The van der Waals surface area contributed by atoms with E-state index in [9.17, 15) is 9.18 Å². The third-order valence-corrected chi connectivity index (χ3v) is 3.73. The van der Waals surface area contributed by atoms with Gasteiger partial charge in [0.05, 0.1) is 18.1 Å². The zero-order chi connectivity index (χ0) is 14.2. The molecule has 1 aliphatic heterocycles. The summed E-state index contributed by atoms with van der Waals surface area (Å²) in [6, 6.07) is 4.00. The van der Waals surface area contributed by atoms with Gasteiger partial charge in [-0.15, -0.1) is 0 Å². The van der Waals surface area contributed by atoms with Crippen molar-refractivity contribution in [3.63, 3.8) is 0 Å². The van der Waals surface area contributed by atoms with Gasteiger partial charge >= 0.3 is 0 Å². The second-order valence-electron chi connectivity index (χ2n) is 5.19. The Morgan fingerprint density at radius 1 is 1.26 bits per heavy atom. The van der Waals surface area contributed by atoms with Crippen molar-refractivity contribution in [2.24, 2.45) is 11.8 Å². The molecule has 0 aromatic heterocycles. The van der Waals surface area contributed by atoms with Gasteiger partial charge in [-0.3, -0.25) is 4.79 Å². The number of hydrogen-bond acceptors (Lipinski definition) is 3. The second-order valence-corrected chi connectivity index (χ2v) is 5.19. The van der Waals surface area contributed by atoms with Crippen LogP contribution in [0.5, 0.6) is 0 Å². The number of amides is 1. The maximum Gasteiger partial charge on any atom is 0.230 e. The fourth-order valence-electron chi connectivity index (χ4n) is 2.63. The quantitative estimate of drug-likeness (QED) is 0.808. The molecule has 5 heteroatoms. The summed E-state index contributed by atoms with van der Waals surface area (Å²) in [5.41, 5.74) is 6.21. The van der Waals surface area contributed by atoms with E-state index >= 15 is 0 Å². The summed E-state index contributed by atoms with van der Waals surface area (Å²) >= 11 is 0. The van der Waals surface area contributed by atoms with E-state index < -0.39 is 5.82 Å². The molecule has 0 bridgehead atoms. The minimum absolute atomic E-state index is 0.0447. The third-order valence-electron chi connectivity index (χ3n) is 3.73. The molecule has 1 aliphatic rings. The van der Waals surface area contributed by atoms with Crippen molar-refractivity contribution in [2.75, 3.05) is 11.1 Å². The normalized spacial score (nSPS) is 30.3. The van der Waals surface area contributed by atoms with Crippen LogP contribution in [0.3, 0.4) is 0 Å². The van der Waals surface area contributed by atoms with Gasteiger partial charge < -0.3 is 15.8 Å². The van der Waals surface area contributed by atoms with Gasteiger partial charge in [0.1, 0.15) is 5.82 Å². The first kappa shape index (κ1) is 13.8. The van der Waals surface area contributed by atoms with Crippen molar-refractivity contribution in [2.45, 2.75) is 33.0 Å². The largest absolute Gasteiger partial charge is 0.399 e. The number of ether oxygens (including phenoxy) is 1. The van der Waals surface area contributed by atoms with Gasteiger partial charge in [-0.25, -0.2) is 4.39 Å². The monoisotopic (exact) mass is 266 g/mol. The first-order chi connectivity index (χ1) is 8.88. The lowest BCUT2D eigenvalue weighted by atomic mass is 9.89. The minimum atomic E-state index is -0.465. The third kappa shape index (κ3) is 2.87. The topological polar surface area (TPSA) is 64.3 Å². The maximum atomic E-state index is 13.2. The van der Waals surface area contributed by atoms with Crippen molar-refractivity contribution in [3.05, 3.63) is 24.0 Å². The molecule has 0 aliphatic carbocycles. The lowest BCUT2D eigenvalue weighted by Gasteiger charge is -2.18. The van der Waals surface area contributed by atoms with Crippen LogP contribution in [0.15, 0.2) is 18.2 Å². The van der Waals surface area contributed by atoms with E-state index in [4.69, 9.17) is 10.5 Å². The SMILES string of the molecule is CC1OC(C)C(C(=O)Nc2cc(N)cc(F)c2)C1C. The zero-order valence-electron chi connectivity index (χ0n) is 11.3. The van der Waals surface area contributed by atoms with Crippen LogP contribution in [0, 0.1) is 17.7 Å². The Balaban J connectivity index is 2.13. The molecule has 0 spiro atoms. The van der Waals surface area contributed by atoms with Crippen LogP contribution < -0.4 is 11.1 Å². The smallest absolute Gasteiger partial charge is 0.230 e. The summed E-state index contributed by atoms with van der Waals surface area (Å²) in [4.78, 5) is 12.2. The number of rotatable bonds is 2. The number of nitrogens with one attached hydrogen (secondary N) is 1. The molecule has 1 aromatic rings. The molecular weight excluding hydrogens is 247 g/mol. The first-order valence-corrected chi connectivity index (χ1v) is 6.41. The number of anilines is 2. The number of nitrogens with two attached hydrogens (primary N) is 1. The van der Waals surface area contributed by atoms with Gasteiger partial charge in [0.15, 0.2) is 0 Å². The van der Waals surface area contributed by atoms with Crippen molar-refractivity contribution in [3.8, 4) is 0 Å². The van der Waals surface area contributed by atoms with Crippen molar-refractivity contribution in [1.82, 2.24) is 0 Å². The van der Waals surface area contributed by atoms with E-state index in [1.165, 1.54) is 18.2 Å². The molecule has 1 heterocycles. The van der Waals surface area contributed by atoms with E-state index in [0.717, 1.165) is 0 Å². The summed E-state index contributed by atoms with van der Waals surface area (Å²) in [5.74, 6) is -0.734. The number of carbonyl (C=O) groups excluding carboxylic acids is 1. The van der Waals surface area contributed by atoms with E-state index in [-0.39, 0.29) is 35.6 Å². The average molecular weight is 266 g/mol. The molecule has 104 valence electrons. The van der Waals surface area contributed by atoms with E-state index in [1.807, 2.05) is 20.8 Å². The standard InChI is InChI=1S/C14H19FN2O2/c1-7-8(2)19-9(3)13(7)14(18)17-12-5-10(15)4-11(16)6-12/h4-9,13H,16H2,1-3H3,(H,17,18). The van der Waals surface area contributed by atoms with Crippen LogP contribution in [0.1, 0.15) is 20.8 Å². The van der Waals surface area contributed by atoms with E-state index in [1.54, 1.807) is 0 Å². The number of hydrogen-bond donors (Lipinski definition) is 2. The highest BCUT2D eigenvalue weighted by Gasteiger charge is 2.41. The van der Waals surface area contributed by atoms with E-state index in [2.05, 4.69) is 5.32 Å². The molecule has 0 saturated carbocycles. The molecule has 4 atom stereocenters. The molecule has 1 saturated heterocycles. The summed E-state index contributed by atoms with van der Waals surface area (Å²) < 4.78 is 18.8. The highest BCUT2D eigenvalue weighted by Crippen LogP contribution is 2.33. The first-order valence-electron chi connectivity index (χ1n) is 6.41. The number of nitrogen functional groups attached to an aromatic ring is 1. The van der Waals surface area contributed by atoms with Gasteiger partial charge in [0.25, 0.3) is 0 Å². The molecule has 4 nitrogen and oxygen atoms in total. The summed E-state index contributed by atoms with van der Waals surface area (Å²) in [6.07, 6.45) is -0.0979. The van der Waals surface area contributed by atoms with Crippen LogP contribution in [0.2, 0.25) is 0 Å². The summed E-state index contributed by atoms with van der Waals surface area (Å²) in [5, 5.41) is 2.71. The summed E-state index contributed by atoms with van der Waals surface area (Å²) in [6.45, 7) is 5.82. The van der Waals surface area contributed by atoms with Crippen LogP contribution in [0.25, 0.3) is 0 Å². The molecule has 19 heavy (non-hydrogen) atoms. The van der Waals surface area contributed by atoms with Gasteiger partial charge in [0, 0.05) is 11.4 Å². The average Bonchev–Trinajstić information content (AvgIpc) is 2.51. The maximum absolute atomic E-state index is 13.2. The Hall–Kier alpha value is -1.62. The Morgan fingerprint density at radius 3 is 2.47 bits per heavy atom. The number of benzene rings is 1. The Bertz CT molecular complexity index is 472.